The van der Waals surface area contributed by atoms with Crippen molar-refractivity contribution in [2.45, 2.75) is 45.8 Å². The van der Waals surface area contributed by atoms with Gasteiger partial charge >= 0.3 is 5.97 Å². The minimum absolute atomic E-state index is 0.104. The first-order valence-electron chi connectivity index (χ1n) is 7.89. The zero-order valence-corrected chi connectivity index (χ0v) is 14.2. The van der Waals surface area contributed by atoms with E-state index in [1.165, 1.54) is 5.56 Å². The first-order chi connectivity index (χ1) is 11.0. The number of halogens is 1. The molecule has 0 saturated heterocycles. The fourth-order valence-electron chi connectivity index (χ4n) is 3.21. The van der Waals surface area contributed by atoms with Crippen molar-refractivity contribution < 1.29 is 9.53 Å². The van der Waals surface area contributed by atoms with Crippen molar-refractivity contribution in [1.82, 2.24) is 9.55 Å². The van der Waals surface area contributed by atoms with Crippen molar-refractivity contribution in [2.75, 3.05) is 0 Å². The summed E-state index contributed by atoms with van der Waals surface area (Å²) in [6.45, 7) is 5.03. The summed E-state index contributed by atoms with van der Waals surface area (Å²) >= 11 is 6.11. The molecule has 0 fully saturated rings. The Balaban J connectivity index is 1.62. The van der Waals surface area contributed by atoms with Gasteiger partial charge in [-0.15, -0.1) is 0 Å². The smallest absolute Gasteiger partial charge is 0.306 e. The van der Waals surface area contributed by atoms with Crippen molar-refractivity contribution in [3.05, 3.63) is 53.1 Å². The Morgan fingerprint density at radius 2 is 2.30 bits per heavy atom. The van der Waals surface area contributed by atoms with Gasteiger partial charge in [0, 0.05) is 35.8 Å². The second kappa shape index (κ2) is 6.36. The van der Waals surface area contributed by atoms with Crippen LogP contribution < -0.4 is 0 Å². The third kappa shape index (κ3) is 3.58. The van der Waals surface area contributed by atoms with E-state index in [2.05, 4.69) is 18.8 Å². The van der Waals surface area contributed by atoms with E-state index in [9.17, 15) is 4.79 Å². The Kier molecular flexibility index (Phi) is 4.44. The molecule has 5 heteroatoms. The number of carbonyl (C=O) groups excluding carboxylic acids is 1. The Bertz CT molecular complexity index is 695. The molecule has 3 rings (SSSR count). The second-order valence-electron chi connectivity index (χ2n) is 6.78. The molecule has 1 aromatic carbocycles. The number of ether oxygens (including phenoxy) is 1. The van der Waals surface area contributed by atoms with Crippen LogP contribution in [0, 0.1) is 5.41 Å². The lowest BCUT2D eigenvalue weighted by atomic mass is 9.87. The summed E-state index contributed by atoms with van der Waals surface area (Å²) < 4.78 is 7.77. The van der Waals surface area contributed by atoms with Gasteiger partial charge < -0.3 is 9.30 Å². The average Bonchev–Trinajstić information content (AvgIpc) is 3.07. The monoisotopic (exact) mass is 332 g/mol. The minimum Gasteiger partial charge on any atom is -0.457 e. The minimum atomic E-state index is -0.225. The number of rotatable bonds is 5. The number of nitrogens with zero attached hydrogens (tertiary/aromatic N) is 2. The largest absolute Gasteiger partial charge is 0.457 e. The highest BCUT2D eigenvalue weighted by Gasteiger charge is 2.41. The summed E-state index contributed by atoms with van der Waals surface area (Å²) in [5.41, 5.74) is 2.16. The number of imidazole rings is 1. The lowest BCUT2D eigenvalue weighted by molar-refractivity contribution is -0.155. The molecule has 1 aromatic heterocycles. The normalized spacial score (nSPS) is 18.7. The molecule has 0 radical (unpaired) electrons. The molecular weight excluding hydrogens is 312 g/mol. The summed E-state index contributed by atoms with van der Waals surface area (Å²) in [4.78, 5) is 16.2. The van der Waals surface area contributed by atoms with E-state index in [0.717, 1.165) is 24.9 Å². The number of hydrogen-bond acceptors (Lipinski definition) is 3. The van der Waals surface area contributed by atoms with Gasteiger partial charge in [0.15, 0.2) is 0 Å². The van der Waals surface area contributed by atoms with Crippen LogP contribution in [0.3, 0.4) is 0 Å². The van der Waals surface area contributed by atoms with Crippen molar-refractivity contribution in [3.63, 3.8) is 0 Å². The molecule has 23 heavy (non-hydrogen) atoms. The Labute approximate surface area is 141 Å². The second-order valence-corrected chi connectivity index (χ2v) is 7.22. The SMILES string of the molecule is CC1(C)Cc2ccc(Cl)cc2C1OC(=O)CCCn1ccnc1. The summed E-state index contributed by atoms with van der Waals surface area (Å²) in [5, 5.41) is 0.683. The summed E-state index contributed by atoms with van der Waals surface area (Å²) in [7, 11) is 0. The predicted octanol–water partition coefficient (Wildman–Crippen LogP) is 4.18. The van der Waals surface area contributed by atoms with E-state index < -0.39 is 0 Å². The number of esters is 1. The van der Waals surface area contributed by atoms with E-state index in [1.54, 1.807) is 12.5 Å². The highest BCUT2D eigenvalue weighted by molar-refractivity contribution is 6.30. The van der Waals surface area contributed by atoms with Crippen LogP contribution in [0.5, 0.6) is 0 Å². The summed E-state index contributed by atoms with van der Waals surface area (Å²) in [5.74, 6) is -0.156. The number of hydrogen-bond donors (Lipinski definition) is 0. The van der Waals surface area contributed by atoms with Gasteiger partial charge in [-0.25, -0.2) is 4.98 Å². The van der Waals surface area contributed by atoms with Gasteiger partial charge in [-0.05, 0) is 36.1 Å². The van der Waals surface area contributed by atoms with E-state index in [-0.39, 0.29) is 17.5 Å². The molecule has 4 nitrogen and oxygen atoms in total. The molecule has 0 amide bonds. The molecule has 1 unspecified atom stereocenters. The van der Waals surface area contributed by atoms with Gasteiger partial charge in [-0.3, -0.25) is 4.79 Å². The lowest BCUT2D eigenvalue weighted by Gasteiger charge is -2.27. The van der Waals surface area contributed by atoms with Crippen molar-refractivity contribution >= 4 is 17.6 Å². The highest BCUT2D eigenvalue weighted by Crippen LogP contribution is 2.48. The lowest BCUT2D eigenvalue weighted by Crippen LogP contribution is -2.23. The molecule has 1 atom stereocenters. The molecule has 122 valence electrons. The molecule has 0 saturated carbocycles. The zero-order valence-electron chi connectivity index (χ0n) is 13.5. The van der Waals surface area contributed by atoms with Crippen LogP contribution >= 0.6 is 11.6 Å². The maximum absolute atomic E-state index is 12.2. The molecule has 1 heterocycles. The van der Waals surface area contributed by atoms with Crippen molar-refractivity contribution in [2.24, 2.45) is 5.41 Å². The Morgan fingerprint density at radius 3 is 3.04 bits per heavy atom. The van der Waals surface area contributed by atoms with Crippen LogP contribution in [0.2, 0.25) is 5.02 Å². The van der Waals surface area contributed by atoms with Crippen LogP contribution in [0.15, 0.2) is 36.9 Å². The third-order valence-corrected chi connectivity index (χ3v) is 4.59. The van der Waals surface area contributed by atoms with Crippen LogP contribution in [-0.4, -0.2) is 15.5 Å². The number of fused-ring (bicyclic) bond motifs is 1. The molecular formula is C18H21ClN2O2. The molecule has 0 aliphatic heterocycles. The quantitative estimate of drug-likeness (QED) is 0.771. The van der Waals surface area contributed by atoms with Gasteiger partial charge in [0.05, 0.1) is 6.33 Å². The van der Waals surface area contributed by atoms with E-state index in [0.29, 0.717) is 11.4 Å². The molecule has 0 bridgehead atoms. The number of benzene rings is 1. The zero-order chi connectivity index (χ0) is 16.4. The van der Waals surface area contributed by atoms with Gasteiger partial charge in [-0.1, -0.05) is 31.5 Å². The highest BCUT2D eigenvalue weighted by atomic mass is 35.5. The third-order valence-electron chi connectivity index (χ3n) is 4.35. The van der Waals surface area contributed by atoms with Gasteiger partial charge in [0.2, 0.25) is 0 Å². The van der Waals surface area contributed by atoms with Crippen molar-refractivity contribution in [3.8, 4) is 0 Å². The molecule has 1 aliphatic rings. The molecule has 1 aliphatic carbocycles. The van der Waals surface area contributed by atoms with Crippen LogP contribution in [-0.2, 0) is 22.5 Å². The first kappa shape index (κ1) is 16.1. The number of carbonyl (C=O) groups is 1. The topological polar surface area (TPSA) is 44.1 Å². The summed E-state index contributed by atoms with van der Waals surface area (Å²) in [6.07, 6.45) is 7.20. The maximum Gasteiger partial charge on any atom is 0.306 e. The van der Waals surface area contributed by atoms with Gasteiger partial charge in [0.25, 0.3) is 0 Å². The van der Waals surface area contributed by atoms with E-state index in [4.69, 9.17) is 16.3 Å². The fraction of sp³-hybridized carbons (Fsp3) is 0.444. The molecule has 0 spiro atoms. The van der Waals surface area contributed by atoms with Crippen LogP contribution in [0.25, 0.3) is 0 Å². The maximum atomic E-state index is 12.2. The molecule has 0 N–H and O–H groups in total. The predicted molar refractivity (Wildman–Crippen MR) is 89.2 cm³/mol. The average molecular weight is 333 g/mol. The number of aromatic nitrogens is 2. The number of aryl methyl sites for hydroxylation is 1. The standard InChI is InChI=1S/C18H21ClN2O2/c1-18(2)11-13-5-6-14(19)10-15(13)17(18)23-16(22)4-3-8-21-9-7-20-12-21/h5-7,9-10,12,17H,3-4,8,11H2,1-2H3. The summed E-state index contributed by atoms with van der Waals surface area (Å²) in [6, 6.07) is 5.85. The van der Waals surface area contributed by atoms with Gasteiger partial charge in [-0.2, -0.15) is 0 Å². The van der Waals surface area contributed by atoms with E-state index >= 15 is 0 Å². The van der Waals surface area contributed by atoms with Crippen molar-refractivity contribution in [1.29, 1.82) is 0 Å². The Hall–Kier alpha value is -1.81. The van der Waals surface area contributed by atoms with Gasteiger partial charge in [0.1, 0.15) is 6.10 Å². The van der Waals surface area contributed by atoms with Crippen LogP contribution in [0.4, 0.5) is 0 Å². The van der Waals surface area contributed by atoms with E-state index in [1.807, 2.05) is 29.0 Å². The fourth-order valence-corrected chi connectivity index (χ4v) is 3.39. The first-order valence-corrected chi connectivity index (χ1v) is 8.27. The Morgan fingerprint density at radius 1 is 1.48 bits per heavy atom. The van der Waals surface area contributed by atoms with Crippen LogP contribution in [0.1, 0.15) is 43.9 Å². The molecule has 2 aromatic rings.